The second-order valence-electron chi connectivity index (χ2n) is 8.38. The first-order chi connectivity index (χ1) is 14.7. The molecule has 1 unspecified atom stereocenters. The lowest BCUT2D eigenvalue weighted by atomic mass is 9.93. The van der Waals surface area contributed by atoms with Crippen molar-refractivity contribution in [2.45, 2.75) is 44.9 Å². The smallest absolute Gasteiger partial charge is 0.258 e. The Bertz CT molecular complexity index is 1060. The van der Waals surface area contributed by atoms with E-state index >= 15 is 0 Å². The van der Waals surface area contributed by atoms with E-state index in [0.717, 1.165) is 55.2 Å². The Hall–Kier alpha value is -2.89. The molecule has 1 amide bonds. The SMILES string of the molecule is CCOc1ccc2ccccc2c1C(=O)N1CCCC(Cc2nc(C3CC3)no2)C1. The van der Waals surface area contributed by atoms with Gasteiger partial charge in [-0.25, -0.2) is 0 Å². The summed E-state index contributed by atoms with van der Waals surface area (Å²) in [7, 11) is 0. The Morgan fingerprint density at radius 1 is 1.20 bits per heavy atom. The summed E-state index contributed by atoms with van der Waals surface area (Å²) < 4.78 is 11.3. The lowest BCUT2D eigenvalue weighted by Crippen LogP contribution is -2.40. The maximum Gasteiger partial charge on any atom is 0.258 e. The van der Waals surface area contributed by atoms with Crippen LogP contribution in [0.3, 0.4) is 0 Å². The number of aromatic nitrogens is 2. The highest BCUT2D eigenvalue weighted by atomic mass is 16.5. The Morgan fingerprint density at radius 2 is 2.07 bits per heavy atom. The van der Waals surface area contributed by atoms with E-state index in [4.69, 9.17) is 9.26 Å². The summed E-state index contributed by atoms with van der Waals surface area (Å²) in [6, 6.07) is 11.9. The van der Waals surface area contributed by atoms with E-state index in [1.165, 1.54) is 0 Å². The third-order valence-electron chi connectivity index (χ3n) is 6.10. The highest BCUT2D eigenvalue weighted by Gasteiger charge is 2.31. The molecule has 0 bridgehead atoms. The molecular weight excluding hydrogens is 378 g/mol. The van der Waals surface area contributed by atoms with E-state index in [1.807, 2.05) is 48.2 Å². The average Bonchev–Trinajstić information content (AvgIpc) is 3.53. The summed E-state index contributed by atoms with van der Waals surface area (Å²) in [5, 5.41) is 6.13. The van der Waals surface area contributed by atoms with Crippen LogP contribution in [0.15, 0.2) is 40.9 Å². The molecule has 2 heterocycles. The fourth-order valence-corrected chi connectivity index (χ4v) is 4.43. The molecule has 5 rings (SSSR count). The van der Waals surface area contributed by atoms with Crippen molar-refractivity contribution in [1.29, 1.82) is 0 Å². The van der Waals surface area contributed by atoms with Crippen molar-refractivity contribution in [2.24, 2.45) is 5.92 Å². The molecule has 2 aliphatic rings. The molecule has 2 fully saturated rings. The van der Waals surface area contributed by atoms with Crippen molar-refractivity contribution >= 4 is 16.7 Å². The first-order valence-corrected chi connectivity index (χ1v) is 11.0. The molecule has 0 radical (unpaired) electrons. The van der Waals surface area contributed by atoms with E-state index in [0.29, 0.717) is 42.2 Å². The summed E-state index contributed by atoms with van der Waals surface area (Å²) in [6.45, 7) is 3.94. The summed E-state index contributed by atoms with van der Waals surface area (Å²) in [5.41, 5.74) is 0.671. The molecule has 1 atom stereocenters. The minimum atomic E-state index is 0.0455. The summed E-state index contributed by atoms with van der Waals surface area (Å²) in [5.74, 6) is 3.09. The van der Waals surface area contributed by atoms with Crippen LogP contribution in [0, 0.1) is 5.92 Å². The number of hydrogen-bond donors (Lipinski definition) is 0. The lowest BCUT2D eigenvalue weighted by molar-refractivity contribution is 0.0666. The molecule has 30 heavy (non-hydrogen) atoms. The molecule has 0 spiro atoms. The third kappa shape index (κ3) is 3.78. The van der Waals surface area contributed by atoms with Crippen LogP contribution in [-0.4, -0.2) is 40.6 Å². The number of carbonyl (C=O) groups is 1. The van der Waals surface area contributed by atoms with E-state index in [-0.39, 0.29) is 5.91 Å². The van der Waals surface area contributed by atoms with E-state index < -0.39 is 0 Å². The van der Waals surface area contributed by atoms with Crippen LogP contribution in [0.4, 0.5) is 0 Å². The van der Waals surface area contributed by atoms with Crippen LogP contribution < -0.4 is 4.74 Å². The number of nitrogens with zero attached hydrogens (tertiary/aromatic N) is 3. The molecule has 156 valence electrons. The molecule has 2 aromatic carbocycles. The Balaban J connectivity index is 1.37. The van der Waals surface area contributed by atoms with Gasteiger partial charge >= 0.3 is 0 Å². The number of piperidine rings is 1. The summed E-state index contributed by atoms with van der Waals surface area (Å²) in [4.78, 5) is 20.1. The number of rotatable bonds is 6. The van der Waals surface area contributed by atoms with Crippen molar-refractivity contribution in [2.75, 3.05) is 19.7 Å². The predicted molar refractivity (Wildman–Crippen MR) is 114 cm³/mol. The van der Waals surface area contributed by atoms with Crippen LogP contribution in [0.5, 0.6) is 5.75 Å². The maximum absolute atomic E-state index is 13.6. The van der Waals surface area contributed by atoms with Gasteiger partial charge in [0.05, 0.1) is 12.2 Å². The van der Waals surface area contributed by atoms with E-state index in [2.05, 4.69) is 10.1 Å². The molecule has 6 nitrogen and oxygen atoms in total. The van der Waals surface area contributed by atoms with Crippen molar-refractivity contribution in [3.05, 3.63) is 53.7 Å². The quantitative estimate of drug-likeness (QED) is 0.600. The topological polar surface area (TPSA) is 68.5 Å². The van der Waals surface area contributed by atoms with Crippen LogP contribution in [0.25, 0.3) is 10.8 Å². The van der Waals surface area contributed by atoms with Crippen LogP contribution >= 0.6 is 0 Å². The molecule has 1 saturated carbocycles. The Labute approximate surface area is 176 Å². The zero-order valence-electron chi connectivity index (χ0n) is 17.3. The normalized spacial score (nSPS) is 19.2. The highest BCUT2D eigenvalue weighted by molar-refractivity contribution is 6.09. The first kappa shape index (κ1) is 19.1. The van der Waals surface area contributed by atoms with Gasteiger partial charge in [-0.1, -0.05) is 35.5 Å². The fraction of sp³-hybridized carbons (Fsp3) is 0.458. The number of fused-ring (bicyclic) bond motifs is 1. The van der Waals surface area contributed by atoms with Gasteiger partial charge in [0.25, 0.3) is 5.91 Å². The van der Waals surface area contributed by atoms with Crippen molar-refractivity contribution in [1.82, 2.24) is 15.0 Å². The van der Waals surface area contributed by atoms with Gasteiger partial charge in [-0.15, -0.1) is 0 Å². The van der Waals surface area contributed by atoms with Crippen molar-refractivity contribution < 1.29 is 14.1 Å². The van der Waals surface area contributed by atoms with Gasteiger partial charge in [0.1, 0.15) is 5.75 Å². The Morgan fingerprint density at radius 3 is 2.90 bits per heavy atom. The number of carbonyl (C=O) groups excluding carboxylic acids is 1. The molecule has 1 aromatic heterocycles. The standard InChI is InChI=1S/C24H27N3O3/c1-2-29-20-12-11-17-7-3-4-8-19(17)22(20)24(28)27-13-5-6-16(15-27)14-21-25-23(26-30-21)18-9-10-18/h3-4,7-8,11-12,16,18H,2,5-6,9-10,13-15H2,1H3. The number of benzene rings is 2. The second kappa shape index (κ2) is 8.09. The highest BCUT2D eigenvalue weighted by Crippen LogP contribution is 2.38. The summed E-state index contributed by atoms with van der Waals surface area (Å²) in [6.07, 6.45) is 5.11. The lowest BCUT2D eigenvalue weighted by Gasteiger charge is -2.33. The largest absolute Gasteiger partial charge is 0.493 e. The molecule has 3 aromatic rings. The van der Waals surface area contributed by atoms with Gasteiger partial charge in [-0.2, -0.15) is 4.98 Å². The number of amides is 1. The van der Waals surface area contributed by atoms with Gasteiger partial charge in [0, 0.05) is 25.4 Å². The summed E-state index contributed by atoms with van der Waals surface area (Å²) >= 11 is 0. The van der Waals surface area contributed by atoms with Gasteiger partial charge in [0.15, 0.2) is 5.82 Å². The zero-order chi connectivity index (χ0) is 20.5. The zero-order valence-corrected chi connectivity index (χ0v) is 17.3. The molecule has 0 N–H and O–H groups in total. The minimum Gasteiger partial charge on any atom is -0.493 e. The van der Waals surface area contributed by atoms with Gasteiger partial charge < -0.3 is 14.2 Å². The van der Waals surface area contributed by atoms with Gasteiger partial charge in [0.2, 0.25) is 5.89 Å². The number of hydrogen-bond acceptors (Lipinski definition) is 5. The maximum atomic E-state index is 13.6. The van der Waals surface area contributed by atoms with Crippen molar-refractivity contribution in [3.63, 3.8) is 0 Å². The van der Waals surface area contributed by atoms with Crippen LogP contribution in [0.2, 0.25) is 0 Å². The second-order valence-corrected chi connectivity index (χ2v) is 8.38. The predicted octanol–water partition coefficient (Wildman–Crippen LogP) is 4.59. The fourth-order valence-electron chi connectivity index (χ4n) is 4.43. The van der Waals surface area contributed by atoms with Gasteiger partial charge in [-0.3, -0.25) is 4.79 Å². The van der Waals surface area contributed by atoms with Crippen LogP contribution in [0.1, 0.15) is 60.6 Å². The van der Waals surface area contributed by atoms with Gasteiger partial charge in [-0.05, 0) is 55.4 Å². The van der Waals surface area contributed by atoms with Crippen LogP contribution in [-0.2, 0) is 6.42 Å². The Kier molecular flexibility index (Phi) is 5.15. The number of ether oxygens (including phenoxy) is 1. The molecule has 6 heteroatoms. The number of likely N-dealkylation sites (tertiary alicyclic amines) is 1. The molecular formula is C24H27N3O3. The molecule has 1 saturated heterocycles. The molecule has 1 aliphatic carbocycles. The molecule has 1 aliphatic heterocycles. The van der Waals surface area contributed by atoms with Crippen molar-refractivity contribution in [3.8, 4) is 5.75 Å². The monoisotopic (exact) mass is 405 g/mol. The minimum absolute atomic E-state index is 0.0455. The third-order valence-corrected chi connectivity index (χ3v) is 6.10. The van der Waals surface area contributed by atoms with E-state index in [1.54, 1.807) is 0 Å². The van der Waals surface area contributed by atoms with E-state index in [9.17, 15) is 4.79 Å². The first-order valence-electron chi connectivity index (χ1n) is 11.0. The average molecular weight is 405 g/mol.